The van der Waals surface area contributed by atoms with E-state index in [1.54, 1.807) is 13.1 Å². The number of aliphatic imine (C=N–C) groups is 1. The molecule has 3 atom stereocenters. The van der Waals surface area contributed by atoms with Crippen LogP contribution in [0, 0.1) is 5.92 Å². The normalized spacial score (nSPS) is 32.3. The van der Waals surface area contributed by atoms with Crippen molar-refractivity contribution in [1.82, 2.24) is 14.9 Å². The van der Waals surface area contributed by atoms with Crippen molar-refractivity contribution in [2.45, 2.75) is 24.5 Å². The predicted octanol–water partition coefficient (Wildman–Crippen LogP) is 2.61. The quantitative estimate of drug-likeness (QED) is 0.513. The van der Waals surface area contributed by atoms with Gasteiger partial charge in [0.25, 0.3) is 6.02 Å². The van der Waals surface area contributed by atoms with E-state index in [0.29, 0.717) is 22.6 Å². The number of rotatable bonds is 2. The highest BCUT2D eigenvalue weighted by molar-refractivity contribution is 7.22. The Morgan fingerprint density at radius 2 is 2.43 bits per heavy atom. The largest absolute Gasteiger partial charge is 0.460 e. The van der Waals surface area contributed by atoms with E-state index in [1.807, 2.05) is 6.07 Å². The number of ether oxygens (including phenoxy) is 1. The standard InChI is InChI=1S/C15H16ClN5OS/c1-17-13(22-10-7-21-5-4-15(21)6-8(10)15)20-14-18-9-2-3-11(16)19-12(9)23-14/h2-3,8,10H,4-7H2,1H3,(H,17,18,20). The second-order valence-electron chi connectivity index (χ2n) is 6.40. The Hall–Kier alpha value is -1.44. The Balaban J connectivity index is 1.31. The van der Waals surface area contributed by atoms with Crippen LogP contribution in [0.1, 0.15) is 12.8 Å². The van der Waals surface area contributed by atoms with E-state index in [1.165, 1.54) is 30.7 Å². The molecule has 23 heavy (non-hydrogen) atoms. The first kappa shape index (κ1) is 13.9. The molecule has 2 aromatic rings. The van der Waals surface area contributed by atoms with Crippen LogP contribution < -0.4 is 5.32 Å². The maximum atomic E-state index is 6.13. The molecule has 1 spiro atoms. The van der Waals surface area contributed by atoms with Crippen LogP contribution >= 0.6 is 22.9 Å². The van der Waals surface area contributed by atoms with Crippen molar-refractivity contribution in [3.05, 3.63) is 17.3 Å². The maximum Gasteiger partial charge on any atom is 0.291 e. The number of hydrogen-bond acceptors (Lipinski definition) is 6. The summed E-state index contributed by atoms with van der Waals surface area (Å²) in [6.45, 7) is 2.23. The van der Waals surface area contributed by atoms with Crippen molar-refractivity contribution < 1.29 is 4.74 Å². The van der Waals surface area contributed by atoms with E-state index in [4.69, 9.17) is 16.3 Å². The van der Waals surface area contributed by atoms with Crippen molar-refractivity contribution in [2.75, 3.05) is 25.5 Å². The Labute approximate surface area is 142 Å². The average molecular weight is 350 g/mol. The highest BCUT2D eigenvalue weighted by atomic mass is 35.5. The van der Waals surface area contributed by atoms with Gasteiger partial charge in [-0.1, -0.05) is 22.9 Å². The molecule has 3 aliphatic rings. The predicted molar refractivity (Wildman–Crippen MR) is 91.3 cm³/mol. The molecule has 4 heterocycles. The van der Waals surface area contributed by atoms with E-state index < -0.39 is 0 Å². The molecule has 8 heteroatoms. The molecule has 0 amide bonds. The topological polar surface area (TPSA) is 62.6 Å². The van der Waals surface area contributed by atoms with Gasteiger partial charge in [0.05, 0.1) is 0 Å². The van der Waals surface area contributed by atoms with Gasteiger partial charge in [-0.15, -0.1) is 0 Å². The van der Waals surface area contributed by atoms with Crippen LogP contribution in [0.4, 0.5) is 5.13 Å². The molecule has 1 saturated carbocycles. The molecule has 3 fully saturated rings. The molecular weight excluding hydrogens is 334 g/mol. The minimum atomic E-state index is 0.241. The average Bonchev–Trinajstić information content (AvgIpc) is 3.13. The van der Waals surface area contributed by atoms with E-state index in [2.05, 4.69) is 25.2 Å². The van der Waals surface area contributed by atoms with Crippen molar-refractivity contribution in [3.8, 4) is 0 Å². The van der Waals surface area contributed by atoms with Gasteiger partial charge >= 0.3 is 0 Å². The van der Waals surface area contributed by atoms with Crippen molar-refractivity contribution in [1.29, 1.82) is 0 Å². The summed E-state index contributed by atoms with van der Waals surface area (Å²) in [6.07, 6.45) is 2.84. The van der Waals surface area contributed by atoms with Gasteiger partial charge in [-0.3, -0.25) is 10.2 Å². The second kappa shape index (κ2) is 4.78. The van der Waals surface area contributed by atoms with Gasteiger partial charge in [0.15, 0.2) is 5.13 Å². The Morgan fingerprint density at radius 1 is 1.52 bits per heavy atom. The minimum absolute atomic E-state index is 0.241. The number of aromatic nitrogens is 2. The molecule has 2 aromatic heterocycles. The van der Waals surface area contributed by atoms with E-state index in [0.717, 1.165) is 22.0 Å². The van der Waals surface area contributed by atoms with Crippen molar-refractivity contribution in [3.63, 3.8) is 0 Å². The monoisotopic (exact) mass is 349 g/mol. The number of nitrogens with one attached hydrogen (secondary N) is 1. The fraction of sp³-hybridized carbons (Fsp3) is 0.533. The van der Waals surface area contributed by atoms with Crippen LogP contribution in [0.2, 0.25) is 5.15 Å². The Bertz CT molecular complexity index is 823. The van der Waals surface area contributed by atoms with Crippen LogP contribution in [0.15, 0.2) is 17.1 Å². The zero-order chi connectivity index (χ0) is 15.6. The van der Waals surface area contributed by atoms with E-state index in [9.17, 15) is 0 Å². The lowest BCUT2D eigenvalue weighted by Gasteiger charge is -2.38. The maximum absolute atomic E-state index is 6.13. The summed E-state index contributed by atoms with van der Waals surface area (Å²) in [5, 5.41) is 4.38. The summed E-state index contributed by atoms with van der Waals surface area (Å²) in [5.41, 5.74) is 1.31. The van der Waals surface area contributed by atoms with Crippen LogP contribution in [-0.2, 0) is 4.74 Å². The molecular formula is C15H16ClN5OS. The fourth-order valence-electron chi connectivity index (χ4n) is 3.97. The van der Waals surface area contributed by atoms with E-state index >= 15 is 0 Å². The molecule has 2 aliphatic heterocycles. The van der Waals surface area contributed by atoms with Crippen LogP contribution in [0.5, 0.6) is 0 Å². The number of nitrogens with zero attached hydrogens (tertiary/aromatic N) is 4. The first-order valence-corrected chi connectivity index (χ1v) is 8.96. The molecule has 0 radical (unpaired) electrons. The van der Waals surface area contributed by atoms with Crippen molar-refractivity contribution >= 4 is 44.4 Å². The number of thiazole rings is 1. The van der Waals surface area contributed by atoms with Gasteiger partial charge in [0.1, 0.15) is 21.6 Å². The zero-order valence-electron chi connectivity index (χ0n) is 12.6. The summed E-state index contributed by atoms with van der Waals surface area (Å²) >= 11 is 7.37. The van der Waals surface area contributed by atoms with Gasteiger partial charge in [-0.05, 0) is 25.0 Å². The van der Waals surface area contributed by atoms with Crippen LogP contribution in [0.25, 0.3) is 10.3 Å². The third kappa shape index (κ3) is 2.07. The van der Waals surface area contributed by atoms with Gasteiger partial charge in [0, 0.05) is 31.6 Å². The number of amidine groups is 1. The molecule has 1 N–H and O–H groups in total. The molecule has 5 rings (SSSR count). The smallest absolute Gasteiger partial charge is 0.291 e. The summed E-state index contributed by atoms with van der Waals surface area (Å²) in [5.74, 6) is 0.672. The summed E-state index contributed by atoms with van der Waals surface area (Å²) in [4.78, 5) is 16.4. The van der Waals surface area contributed by atoms with Crippen LogP contribution in [0.3, 0.4) is 0 Å². The lowest BCUT2D eigenvalue weighted by atomic mass is 10.0. The molecule has 120 valence electrons. The lowest BCUT2D eigenvalue weighted by molar-refractivity contribution is 0.0814. The number of fused-ring (bicyclic) bond motifs is 1. The number of hydrogen-bond donors (Lipinski definition) is 1. The number of anilines is 1. The number of pyridine rings is 1. The molecule has 3 unspecified atom stereocenters. The van der Waals surface area contributed by atoms with Gasteiger partial charge in [-0.2, -0.15) is 0 Å². The highest BCUT2D eigenvalue weighted by Gasteiger charge is 2.71. The summed E-state index contributed by atoms with van der Waals surface area (Å²) < 4.78 is 6.13. The lowest BCUT2D eigenvalue weighted by Crippen LogP contribution is -2.48. The molecule has 0 aromatic carbocycles. The number of halogens is 1. The minimum Gasteiger partial charge on any atom is -0.460 e. The fourth-order valence-corrected chi connectivity index (χ4v) is 4.99. The highest BCUT2D eigenvalue weighted by Crippen LogP contribution is 2.63. The first-order valence-electron chi connectivity index (χ1n) is 7.76. The Morgan fingerprint density at radius 3 is 3.09 bits per heavy atom. The van der Waals surface area contributed by atoms with E-state index in [-0.39, 0.29) is 6.10 Å². The summed E-state index contributed by atoms with van der Waals surface area (Å²) in [7, 11) is 1.73. The molecule has 1 aliphatic carbocycles. The van der Waals surface area contributed by atoms with Crippen molar-refractivity contribution in [2.24, 2.45) is 10.9 Å². The molecule has 6 nitrogen and oxygen atoms in total. The summed E-state index contributed by atoms with van der Waals surface area (Å²) in [6, 6.07) is 4.14. The first-order chi connectivity index (χ1) is 11.2. The zero-order valence-corrected chi connectivity index (χ0v) is 14.2. The number of piperidine rings is 1. The SMILES string of the molecule is CN=C(Nc1nc2ccc(Cl)nc2s1)OC1CN2CCC23CC13. The third-order valence-electron chi connectivity index (χ3n) is 5.30. The van der Waals surface area contributed by atoms with Gasteiger partial charge in [-0.25, -0.2) is 15.0 Å². The molecule has 2 saturated heterocycles. The van der Waals surface area contributed by atoms with Crippen LogP contribution in [-0.4, -0.2) is 52.7 Å². The second-order valence-corrected chi connectivity index (χ2v) is 7.76. The third-order valence-corrected chi connectivity index (χ3v) is 6.39. The Kier molecular flexibility index (Phi) is 2.90. The van der Waals surface area contributed by atoms with Gasteiger partial charge < -0.3 is 4.74 Å². The molecule has 0 bridgehead atoms. The van der Waals surface area contributed by atoms with Gasteiger partial charge in [0.2, 0.25) is 0 Å².